The summed E-state index contributed by atoms with van der Waals surface area (Å²) >= 11 is 5.84. The lowest BCUT2D eigenvalue weighted by Gasteiger charge is -2.26. The molecule has 1 heterocycles. The van der Waals surface area contributed by atoms with Crippen molar-refractivity contribution in [1.82, 2.24) is 5.32 Å². The summed E-state index contributed by atoms with van der Waals surface area (Å²) in [5.41, 5.74) is 4.02. The van der Waals surface area contributed by atoms with Crippen molar-refractivity contribution in [3.05, 3.63) is 96.5 Å². The van der Waals surface area contributed by atoms with E-state index in [2.05, 4.69) is 43.8 Å². The predicted octanol–water partition coefficient (Wildman–Crippen LogP) is 6.02. The fourth-order valence-corrected chi connectivity index (χ4v) is 5.00. The molecule has 0 aromatic heterocycles. The van der Waals surface area contributed by atoms with E-state index < -0.39 is 17.8 Å². The third kappa shape index (κ3) is 5.48. The van der Waals surface area contributed by atoms with Crippen molar-refractivity contribution in [3.63, 3.8) is 0 Å². The van der Waals surface area contributed by atoms with Crippen LogP contribution in [0.2, 0.25) is 0 Å². The van der Waals surface area contributed by atoms with E-state index in [1.165, 1.54) is 6.08 Å². The fraction of sp³-hybridized carbons (Fsp3) is 0.148. The first-order chi connectivity index (χ1) is 16.8. The highest BCUT2D eigenvalue weighted by atomic mass is 127. The third-order valence-corrected chi connectivity index (χ3v) is 7.24. The summed E-state index contributed by atoms with van der Waals surface area (Å²) in [6.07, 6.45) is 2.15. The van der Waals surface area contributed by atoms with Crippen LogP contribution >= 0.6 is 38.5 Å². The molecular formula is C27H22BrIN2O4. The summed E-state index contributed by atoms with van der Waals surface area (Å²) in [7, 11) is 0. The summed E-state index contributed by atoms with van der Waals surface area (Å²) in [6.45, 7) is 4.28. The molecule has 1 saturated heterocycles. The van der Waals surface area contributed by atoms with E-state index in [9.17, 15) is 14.4 Å². The zero-order chi connectivity index (χ0) is 25.1. The van der Waals surface area contributed by atoms with E-state index in [4.69, 9.17) is 4.74 Å². The monoisotopic (exact) mass is 644 g/mol. The number of hydrogen-bond donors (Lipinski definition) is 1. The maximum absolute atomic E-state index is 13.2. The summed E-state index contributed by atoms with van der Waals surface area (Å²) in [5, 5.41) is 2.27. The minimum Gasteiger partial charge on any atom is -0.494 e. The molecule has 0 saturated carbocycles. The molecule has 0 bridgehead atoms. The molecule has 35 heavy (non-hydrogen) atoms. The molecular weight excluding hydrogens is 623 g/mol. The molecule has 6 nitrogen and oxygen atoms in total. The first-order valence-electron chi connectivity index (χ1n) is 10.9. The van der Waals surface area contributed by atoms with E-state index >= 15 is 0 Å². The average molecular weight is 645 g/mol. The minimum atomic E-state index is -0.769. The maximum atomic E-state index is 13.2. The molecule has 1 aliphatic rings. The van der Waals surface area contributed by atoms with Gasteiger partial charge in [-0.15, -0.1) is 0 Å². The Labute approximate surface area is 225 Å². The quantitative estimate of drug-likeness (QED) is 0.202. The van der Waals surface area contributed by atoms with Crippen molar-refractivity contribution in [1.29, 1.82) is 0 Å². The molecule has 0 radical (unpaired) electrons. The lowest BCUT2D eigenvalue weighted by molar-refractivity contribution is -0.122. The fourth-order valence-electron chi connectivity index (χ4n) is 3.76. The van der Waals surface area contributed by atoms with Gasteiger partial charge in [0.1, 0.15) is 11.3 Å². The number of nitrogens with zero attached hydrogens (tertiary/aromatic N) is 1. The number of hydrogen-bond acceptors (Lipinski definition) is 4. The molecule has 0 atom stereocenters. The molecule has 1 N–H and O–H groups in total. The first kappa shape index (κ1) is 25.1. The van der Waals surface area contributed by atoms with Gasteiger partial charge in [-0.2, -0.15) is 0 Å². The number of rotatable bonds is 6. The highest BCUT2D eigenvalue weighted by Gasteiger charge is 2.36. The Kier molecular flexibility index (Phi) is 7.71. The van der Waals surface area contributed by atoms with Gasteiger partial charge in [0.15, 0.2) is 0 Å². The standard InChI is InChI=1S/C27H22BrIN2O4/c1-3-35-24-14-17(13-23(29)20(24)15-18-6-4-5-7-22(18)28)12-21-25(32)30-27(34)31(26(21)33)19-10-8-16(2)9-11-19/h4-14H,3,15H2,1-2H3,(H,30,32,34)/b21-12+. The molecule has 0 spiro atoms. The molecule has 8 heteroatoms. The second-order valence-corrected chi connectivity index (χ2v) is 9.99. The second-order valence-electron chi connectivity index (χ2n) is 7.97. The molecule has 178 valence electrons. The highest BCUT2D eigenvalue weighted by molar-refractivity contribution is 14.1. The van der Waals surface area contributed by atoms with Crippen LogP contribution in [-0.4, -0.2) is 24.5 Å². The third-order valence-electron chi connectivity index (χ3n) is 5.51. The number of benzene rings is 3. The number of barbiturate groups is 1. The smallest absolute Gasteiger partial charge is 0.335 e. The molecule has 3 aromatic carbocycles. The van der Waals surface area contributed by atoms with Crippen LogP contribution in [0.1, 0.15) is 29.2 Å². The van der Waals surface area contributed by atoms with Gasteiger partial charge >= 0.3 is 6.03 Å². The highest BCUT2D eigenvalue weighted by Crippen LogP contribution is 2.32. The van der Waals surface area contributed by atoms with Gasteiger partial charge in [-0.05, 0) is 84.0 Å². The van der Waals surface area contributed by atoms with Gasteiger partial charge in [0, 0.05) is 20.0 Å². The Morgan fingerprint density at radius 3 is 2.46 bits per heavy atom. The minimum absolute atomic E-state index is 0.123. The van der Waals surface area contributed by atoms with Crippen LogP contribution in [-0.2, 0) is 16.0 Å². The maximum Gasteiger partial charge on any atom is 0.335 e. The van der Waals surface area contributed by atoms with Gasteiger partial charge in [-0.3, -0.25) is 14.9 Å². The number of anilines is 1. The average Bonchev–Trinajstić information content (AvgIpc) is 2.81. The van der Waals surface area contributed by atoms with Gasteiger partial charge < -0.3 is 4.74 Å². The summed E-state index contributed by atoms with van der Waals surface area (Å²) in [5.74, 6) is -0.723. The molecule has 4 rings (SSSR count). The molecule has 0 unspecified atom stereocenters. The van der Waals surface area contributed by atoms with E-state index in [-0.39, 0.29) is 5.57 Å². The van der Waals surface area contributed by atoms with E-state index in [0.29, 0.717) is 30.0 Å². The van der Waals surface area contributed by atoms with Crippen LogP contribution in [0.15, 0.2) is 70.7 Å². The number of halogens is 2. The van der Waals surface area contributed by atoms with Gasteiger partial charge in [0.05, 0.1) is 12.3 Å². The zero-order valence-electron chi connectivity index (χ0n) is 19.1. The summed E-state index contributed by atoms with van der Waals surface area (Å²) in [6, 6.07) is 17.9. The van der Waals surface area contributed by atoms with Crippen LogP contribution in [0.25, 0.3) is 6.08 Å². The van der Waals surface area contributed by atoms with Gasteiger partial charge in [0.2, 0.25) is 0 Å². The molecule has 0 aliphatic carbocycles. The number of carbonyl (C=O) groups is 3. The number of carbonyl (C=O) groups excluding carboxylic acids is 3. The number of amides is 4. The Morgan fingerprint density at radius 2 is 1.77 bits per heavy atom. The van der Waals surface area contributed by atoms with Crippen LogP contribution < -0.4 is 15.0 Å². The number of ether oxygens (including phenoxy) is 1. The molecule has 3 aromatic rings. The lowest BCUT2D eigenvalue weighted by Crippen LogP contribution is -2.54. The zero-order valence-corrected chi connectivity index (χ0v) is 22.8. The Bertz CT molecular complexity index is 1350. The lowest BCUT2D eigenvalue weighted by atomic mass is 10.0. The van der Waals surface area contributed by atoms with E-state index in [0.717, 1.165) is 29.6 Å². The molecule has 1 fully saturated rings. The van der Waals surface area contributed by atoms with Crippen LogP contribution in [0.4, 0.5) is 10.5 Å². The van der Waals surface area contributed by atoms with Gasteiger partial charge in [0.25, 0.3) is 11.8 Å². The number of urea groups is 1. The van der Waals surface area contributed by atoms with E-state index in [1.54, 1.807) is 24.3 Å². The number of imide groups is 2. The number of nitrogens with one attached hydrogen (secondary N) is 1. The van der Waals surface area contributed by atoms with Crippen LogP contribution in [0, 0.1) is 10.5 Å². The van der Waals surface area contributed by atoms with Crippen molar-refractivity contribution < 1.29 is 19.1 Å². The topological polar surface area (TPSA) is 75.7 Å². The second kappa shape index (κ2) is 10.7. The molecule has 1 aliphatic heterocycles. The Hall–Kier alpha value is -2.98. The van der Waals surface area contributed by atoms with Crippen LogP contribution in [0.3, 0.4) is 0 Å². The first-order valence-corrected chi connectivity index (χ1v) is 12.8. The summed E-state index contributed by atoms with van der Waals surface area (Å²) < 4.78 is 7.88. The molecule has 4 amide bonds. The largest absolute Gasteiger partial charge is 0.494 e. The summed E-state index contributed by atoms with van der Waals surface area (Å²) in [4.78, 5) is 39.3. The van der Waals surface area contributed by atoms with E-state index in [1.807, 2.05) is 50.2 Å². The van der Waals surface area contributed by atoms with Gasteiger partial charge in [-0.1, -0.05) is 51.8 Å². The van der Waals surface area contributed by atoms with Gasteiger partial charge in [-0.25, -0.2) is 9.69 Å². The van der Waals surface area contributed by atoms with Crippen molar-refractivity contribution in [2.24, 2.45) is 0 Å². The predicted molar refractivity (Wildman–Crippen MR) is 147 cm³/mol. The SMILES string of the molecule is CCOc1cc(/C=C2\C(=O)NC(=O)N(c3ccc(C)cc3)C2=O)cc(I)c1Cc1ccccc1Br. The van der Waals surface area contributed by atoms with Crippen molar-refractivity contribution in [3.8, 4) is 5.75 Å². The van der Waals surface area contributed by atoms with Crippen LogP contribution in [0.5, 0.6) is 5.75 Å². The normalized spacial score (nSPS) is 14.9. The van der Waals surface area contributed by atoms with Crippen molar-refractivity contribution in [2.45, 2.75) is 20.3 Å². The Balaban J connectivity index is 1.72. The Morgan fingerprint density at radius 1 is 1.06 bits per heavy atom. The van der Waals surface area contributed by atoms with Crippen molar-refractivity contribution >= 4 is 68.1 Å². The van der Waals surface area contributed by atoms with Crippen molar-refractivity contribution in [2.75, 3.05) is 11.5 Å². The number of aryl methyl sites for hydroxylation is 1.